The summed E-state index contributed by atoms with van der Waals surface area (Å²) in [5, 5.41) is 9.68. The summed E-state index contributed by atoms with van der Waals surface area (Å²) < 4.78 is 0. The molecule has 2 nitrogen and oxygen atoms in total. The predicted octanol–water partition coefficient (Wildman–Crippen LogP) is 3.08. The molecule has 0 aromatic rings. The zero-order valence-corrected chi connectivity index (χ0v) is 11.6. The van der Waals surface area contributed by atoms with E-state index in [0.29, 0.717) is 12.1 Å². The number of fused-ring (bicyclic) bond motifs is 3. The Kier molecular flexibility index (Phi) is 4.23. The van der Waals surface area contributed by atoms with Crippen LogP contribution in [0.4, 0.5) is 0 Å². The van der Waals surface area contributed by atoms with Crippen molar-refractivity contribution in [3.63, 3.8) is 0 Å². The third kappa shape index (κ3) is 2.31. The maximum Gasteiger partial charge on any atom is 0 e. The molecule has 4 unspecified atom stereocenters. The summed E-state index contributed by atoms with van der Waals surface area (Å²) in [7, 11) is 0. The Labute approximate surface area is 106 Å². The van der Waals surface area contributed by atoms with Gasteiger partial charge < -0.3 is 10.6 Å². The molecule has 3 aliphatic rings. The number of hydrogen-bond donors (Lipinski definition) is 0. The van der Waals surface area contributed by atoms with Gasteiger partial charge in [-0.3, -0.25) is 0 Å². The molecule has 0 N–H and O–H groups in total. The molecule has 2 heterocycles. The molecule has 1 aliphatic carbocycles. The van der Waals surface area contributed by atoms with Crippen LogP contribution in [0.25, 0.3) is 10.6 Å². The first-order valence-corrected chi connectivity index (χ1v) is 6.28. The summed E-state index contributed by atoms with van der Waals surface area (Å²) in [6.45, 7) is 2.22. The normalized spacial score (nSPS) is 44.8. The summed E-state index contributed by atoms with van der Waals surface area (Å²) in [5.41, 5.74) is 0. The maximum atomic E-state index is 4.84. The second-order valence-electron chi connectivity index (χ2n) is 5.18. The van der Waals surface area contributed by atoms with Gasteiger partial charge in [0.1, 0.15) is 0 Å². The van der Waals surface area contributed by atoms with Crippen LogP contribution in [-0.4, -0.2) is 25.2 Å². The van der Waals surface area contributed by atoms with Crippen molar-refractivity contribution >= 4 is 0 Å². The number of piperidine rings is 2. The Morgan fingerprint density at radius 3 is 1.60 bits per heavy atom. The van der Waals surface area contributed by atoms with Crippen molar-refractivity contribution in [1.82, 2.24) is 0 Å². The van der Waals surface area contributed by atoms with Gasteiger partial charge in [0, 0.05) is 20.1 Å². The van der Waals surface area contributed by atoms with Crippen LogP contribution in [-0.2, 0) is 20.1 Å². The molecule has 1 saturated carbocycles. The van der Waals surface area contributed by atoms with Crippen LogP contribution in [0.1, 0.15) is 38.5 Å². The molecule has 3 fully saturated rings. The Morgan fingerprint density at radius 1 is 0.667 bits per heavy atom. The van der Waals surface area contributed by atoms with Gasteiger partial charge in [0.05, 0.1) is 0 Å². The summed E-state index contributed by atoms with van der Waals surface area (Å²) in [6.07, 6.45) is 8.38. The van der Waals surface area contributed by atoms with Gasteiger partial charge in [-0.15, -0.1) is 25.2 Å². The molecule has 0 aromatic heterocycles. The molecule has 1 radical (unpaired) electrons. The van der Waals surface area contributed by atoms with E-state index in [1.54, 1.807) is 0 Å². The van der Waals surface area contributed by atoms with E-state index in [4.69, 9.17) is 10.6 Å². The van der Waals surface area contributed by atoms with Gasteiger partial charge in [0.15, 0.2) is 0 Å². The van der Waals surface area contributed by atoms with Crippen molar-refractivity contribution in [3.05, 3.63) is 10.6 Å². The van der Waals surface area contributed by atoms with Crippen LogP contribution in [0.2, 0.25) is 0 Å². The zero-order chi connectivity index (χ0) is 9.38. The fourth-order valence-electron chi connectivity index (χ4n) is 3.66. The Bertz CT molecular complexity index is 188. The fourth-order valence-corrected chi connectivity index (χ4v) is 3.66. The van der Waals surface area contributed by atoms with Crippen molar-refractivity contribution in [1.29, 1.82) is 0 Å². The van der Waals surface area contributed by atoms with Crippen molar-refractivity contribution in [2.75, 3.05) is 13.1 Å². The number of rotatable bonds is 0. The SMILES string of the molecule is C1C[N-]C2C(C1)CCC1CCC[N-]C12.[Ir]. The summed E-state index contributed by atoms with van der Waals surface area (Å²) in [5.74, 6) is 1.79. The first-order chi connectivity index (χ1) is 6.95. The van der Waals surface area contributed by atoms with Gasteiger partial charge >= 0.3 is 0 Å². The van der Waals surface area contributed by atoms with Crippen LogP contribution in [0.3, 0.4) is 0 Å². The average Bonchev–Trinajstić information content (AvgIpc) is 2.29. The minimum absolute atomic E-state index is 0. The molecule has 3 heteroatoms. The van der Waals surface area contributed by atoms with Crippen molar-refractivity contribution in [2.45, 2.75) is 50.6 Å². The van der Waals surface area contributed by atoms with E-state index in [-0.39, 0.29) is 20.1 Å². The molecule has 0 bridgehead atoms. The quantitative estimate of drug-likeness (QED) is 0.614. The summed E-state index contributed by atoms with van der Waals surface area (Å²) in [4.78, 5) is 0. The molecule has 0 spiro atoms. The molecular weight excluding hydrogens is 364 g/mol. The van der Waals surface area contributed by atoms with Crippen molar-refractivity contribution < 1.29 is 20.1 Å². The van der Waals surface area contributed by atoms with E-state index in [0.717, 1.165) is 24.9 Å². The molecule has 2 saturated heterocycles. The van der Waals surface area contributed by atoms with Gasteiger partial charge in [-0.05, 0) is 0 Å². The first-order valence-electron chi connectivity index (χ1n) is 6.28. The Morgan fingerprint density at radius 2 is 1.13 bits per heavy atom. The summed E-state index contributed by atoms with van der Waals surface area (Å²) >= 11 is 0. The molecule has 0 amide bonds. The van der Waals surface area contributed by atoms with E-state index in [1.165, 1.54) is 38.5 Å². The van der Waals surface area contributed by atoms with Crippen LogP contribution >= 0.6 is 0 Å². The van der Waals surface area contributed by atoms with Crippen LogP contribution in [0.15, 0.2) is 0 Å². The fraction of sp³-hybridized carbons (Fsp3) is 1.00. The zero-order valence-electron chi connectivity index (χ0n) is 9.19. The van der Waals surface area contributed by atoms with E-state index in [2.05, 4.69) is 0 Å². The van der Waals surface area contributed by atoms with Gasteiger partial charge in [-0.1, -0.05) is 50.4 Å². The first kappa shape index (κ1) is 12.0. The van der Waals surface area contributed by atoms with E-state index in [1.807, 2.05) is 0 Å². The second-order valence-corrected chi connectivity index (χ2v) is 5.18. The van der Waals surface area contributed by atoms with E-state index >= 15 is 0 Å². The third-order valence-corrected chi connectivity index (χ3v) is 4.37. The Balaban J connectivity index is 0.000000853. The molecular formula is C12H20IrN2-2. The standard InChI is InChI=1S/C12H20N2.Ir/c1-3-9-5-6-10-4-2-8-14-12(10)11(9)13-7-1;/h9-12H,1-8H2;/q-2;. The third-order valence-electron chi connectivity index (χ3n) is 4.37. The summed E-state index contributed by atoms with van der Waals surface area (Å²) in [6, 6.07) is 1.26. The van der Waals surface area contributed by atoms with Gasteiger partial charge in [0.2, 0.25) is 0 Å². The number of nitrogens with zero attached hydrogens (tertiary/aromatic N) is 2. The van der Waals surface area contributed by atoms with Gasteiger partial charge in [-0.25, -0.2) is 0 Å². The molecule has 2 aliphatic heterocycles. The number of hydrogen-bond acceptors (Lipinski definition) is 0. The molecule has 4 atom stereocenters. The largest absolute Gasteiger partial charge is 0.660 e. The minimum Gasteiger partial charge on any atom is -0.660 e. The predicted molar refractivity (Wildman–Crippen MR) is 58.7 cm³/mol. The van der Waals surface area contributed by atoms with Crippen molar-refractivity contribution in [2.24, 2.45) is 11.8 Å². The molecule has 89 valence electrons. The molecule has 3 rings (SSSR count). The second kappa shape index (κ2) is 5.27. The van der Waals surface area contributed by atoms with Crippen LogP contribution in [0, 0.1) is 11.8 Å². The average molecular weight is 385 g/mol. The van der Waals surface area contributed by atoms with Gasteiger partial charge in [-0.2, -0.15) is 0 Å². The van der Waals surface area contributed by atoms with E-state index in [9.17, 15) is 0 Å². The topological polar surface area (TPSA) is 28.2 Å². The molecule has 15 heavy (non-hydrogen) atoms. The molecule has 0 aromatic carbocycles. The Hall–Kier alpha value is 0.569. The van der Waals surface area contributed by atoms with Gasteiger partial charge in [0.25, 0.3) is 0 Å². The monoisotopic (exact) mass is 385 g/mol. The van der Waals surface area contributed by atoms with Crippen LogP contribution in [0.5, 0.6) is 0 Å². The maximum absolute atomic E-state index is 4.84. The smallest absolute Gasteiger partial charge is 0 e. The minimum atomic E-state index is 0. The van der Waals surface area contributed by atoms with Crippen molar-refractivity contribution in [3.8, 4) is 0 Å². The van der Waals surface area contributed by atoms with Crippen LogP contribution < -0.4 is 0 Å². The van der Waals surface area contributed by atoms with E-state index < -0.39 is 0 Å².